The van der Waals surface area contributed by atoms with Crippen molar-refractivity contribution in [1.82, 2.24) is 0 Å². The van der Waals surface area contributed by atoms with Crippen LogP contribution in [-0.2, 0) is 43.4 Å². The Labute approximate surface area is 168 Å². The van der Waals surface area contributed by atoms with E-state index < -0.39 is 75.5 Å². The average Bonchev–Trinajstić information content (AvgIpc) is 2.57. The van der Waals surface area contributed by atoms with Gasteiger partial charge in [-0.1, -0.05) is 13.8 Å². The van der Waals surface area contributed by atoms with Gasteiger partial charge in [0, 0.05) is 13.0 Å². The third-order valence-electron chi connectivity index (χ3n) is 4.97. The van der Waals surface area contributed by atoms with Gasteiger partial charge in [-0.15, -0.1) is 0 Å². The molecule has 13 nitrogen and oxygen atoms in total. The highest BCUT2D eigenvalue weighted by molar-refractivity contribution is 7.81. The van der Waals surface area contributed by atoms with E-state index in [4.69, 9.17) is 14.2 Å². The minimum Gasteiger partial charge on any atom is -0.726 e. The highest BCUT2D eigenvalue weighted by atomic mass is 32.3. The molecule has 0 aromatic rings. The summed E-state index contributed by atoms with van der Waals surface area (Å²) in [6, 6.07) is 0. The van der Waals surface area contributed by atoms with Gasteiger partial charge in [0.2, 0.25) is 20.8 Å². The van der Waals surface area contributed by atoms with Gasteiger partial charge in [-0.3, -0.25) is 8.37 Å². The second kappa shape index (κ2) is 9.35. The summed E-state index contributed by atoms with van der Waals surface area (Å²) in [5, 5.41) is 20.6. The summed E-state index contributed by atoms with van der Waals surface area (Å²) in [5.41, 5.74) is 0. The van der Waals surface area contributed by atoms with Crippen LogP contribution in [0.1, 0.15) is 20.3 Å². The number of aliphatic hydroxyl groups is 2. The second-order valence-electron chi connectivity index (χ2n) is 7.19. The molecule has 1 saturated heterocycles. The van der Waals surface area contributed by atoms with Crippen LogP contribution in [0, 0.1) is 11.8 Å². The highest BCUT2D eigenvalue weighted by Crippen LogP contribution is 2.35. The molecule has 1 heterocycles. The Bertz CT molecular complexity index is 753. The van der Waals surface area contributed by atoms with Gasteiger partial charge in [-0.25, -0.2) is 16.8 Å². The van der Waals surface area contributed by atoms with Gasteiger partial charge in [-0.2, -0.15) is 0 Å². The predicted octanol–water partition coefficient (Wildman–Crippen LogP) is -2.17. The van der Waals surface area contributed by atoms with E-state index in [1.807, 2.05) is 0 Å². The summed E-state index contributed by atoms with van der Waals surface area (Å²) in [6.45, 7) is 3.00. The number of rotatable bonds is 7. The fourth-order valence-corrected chi connectivity index (χ4v) is 4.47. The summed E-state index contributed by atoms with van der Waals surface area (Å²) in [5.74, 6) is -1.18. The molecule has 9 atom stereocenters. The lowest BCUT2D eigenvalue weighted by atomic mass is 9.81. The minimum absolute atomic E-state index is 0.0969. The number of hydrogen-bond acceptors (Lipinski definition) is 13. The maximum atomic E-state index is 11.1. The van der Waals surface area contributed by atoms with E-state index in [9.17, 15) is 36.2 Å². The van der Waals surface area contributed by atoms with Crippen LogP contribution in [-0.4, -0.2) is 92.8 Å². The monoisotopic (exact) mass is 464 g/mol. The molecular formula is C14H24O13S2-2. The Hall–Kier alpha value is -0.460. The largest absolute Gasteiger partial charge is 0.726 e. The SMILES string of the molecule is COC1CC(C)[C@H](O[C@@H]2OC[C@@H](C)[C@@H](O)[C@@H]2OS(=O)(=O)[O-])[C@H](OS(=O)(=O)[O-])[C@@H]1O. The summed E-state index contributed by atoms with van der Waals surface area (Å²) in [7, 11) is -9.24. The molecule has 2 unspecified atom stereocenters. The van der Waals surface area contributed by atoms with Crippen molar-refractivity contribution in [3.63, 3.8) is 0 Å². The zero-order valence-electron chi connectivity index (χ0n) is 15.8. The molecule has 0 amide bonds. The van der Waals surface area contributed by atoms with Gasteiger partial charge in [0.05, 0.1) is 24.9 Å². The predicted molar refractivity (Wildman–Crippen MR) is 89.5 cm³/mol. The first-order chi connectivity index (χ1) is 13.2. The number of ether oxygens (including phenoxy) is 3. The normalized spacial score (nSPS) is 42.0. The van der Waals surface area contributed by atoms with Crippen molar-refractivity contribution in [3.8, 4) is 0 Å². The highest BCUT2D eigenvalue weighted by Gasteiger charge is 2.49. The lowest BCUT2D eigenvalue weighted by molar-refractivity contribution is -0.292. The van der Waals surface area contributed by atoms with E-state index in [0.29, 0.717) is 0 Å². The first kappa shape index (κ1) is 24.8. The van der Waals surface area contributed by atoms with Crippen molar-refractivity contribution < 1.29 is 58.7 Å². The molecule has 2 rings (SSSR count). The number of methoxy groups -OCH3 is 1. The lowest BCUT2D eigenvalue weighted by Crippen LogP contribution is -2.60. The Balaban J connectivity index is 2.30. The zero-order valence-corrected chi connectivity index (χ0v) is 17.4. The molecule has 0 aromatic carbocycles. The fraction of sp³-hybridized carbons (Fsp3) is 1.00. The van der Waals surface area contributed by atoms with Crippen molar-refractivity contribution in [1.29, 1.82) is 0 Å². The Morgan fingerprint density at radius 3 is 1.97 bits per heavy atom. The van der Waals surface area contributed by atoms with E-state index in [2.05, 4.69) is 8.37 Å². The van der Waals surface area contributed by atoms with E-state index in [1.54, 1.807) is 6.92 Å². The average molecular weight is 464 g/mol. The van der Waals surface area contributed by atoms with Crippen LogP contribution in [0.4, 0.5) is 0 Å². The van der Waals surface area contributed by atoms with Crippen molar-refractivity contribution >= 4 is 20.8 Å². The molecule has 1 saturated carbocycles. The van der Waals surface area contributed by atoms with Crippen LogP contribution in [0.3, 0.4) is 0 Å². The molecule has 0 spiro atoms. The molecule has 0 radical (unpaired) electrons. The Morgan fingerprint density at radius 1 is 0.897 bits per heavy atom. The summed E-state index contributed by atoms with van der Waals surface area (Å²) in [6.07, 6.45) is -10.1. The first-order valence-corrected chi connectivity index (χ1v) is 11.3. The quantitative estimate of drug-likeness (QED) is 0.305. The van der Waals surface area contributed by atoms with Crippen molar-refractivity contribution in [3.05, 3.63) is 0 Å². The topological polar surface area (TPSA) is 201 Å². The number of aliphatic hydroxyl groups excluding tert-OH is 2. The molecule has 172 valence electrons. The summed E-state index contributed by atoms with van der Waals surface area (Å²) >= 11 is 0. The first-order valence-electron chi connectivity index (χ1n) is 8.67. The van der Waals surface area contributed by atoms with Crippen molar-refractivity contribution in [2.24, 2.45) is 11.8 Å². The molecule has 0 bridgehead atoms. The third kappa shape index (κ3) is 6.51. The molecule has 1 aliphatic heterocycles. The van der Waals surface area contributed by atoms with E-state index >= 15 is 0 Å². The third-order valence-corrected chi connectivity index (χ3v) is 5.89. The van der Waals surface area contributed by atoms with E-state index in [1.165, 1.54) is 14.0 Å². The van der Waals surface area contributed by atoms with E-state index in [-0.39, 0.29) is 13.0 Å². The van der Waals surface area contributed by atoms with Crippen molar-refractivity contribution in [2.75, 3.05) is 13.7 Å². The number of hydrogen-bond donors (Lipinski definition) is 2. The van der Waals surface area contributed by atoms with Crippen LogP contribution < -0.4 is 0 Å². The van der Waals surface area contributed by atoms with Crippen LogP contribution >= 0.6 is 0 Å². The van der Waals surface area contributed by atoms with Crippen LogP contribution in [0.5, 0.6) is 0 Å². The fourth-order valence-electron chi connectivity index (χ4n) is 3.50. The Kier molecular flexibility index (Phi) is 8.00. The molecule has 0 aromatic heterocycles. The zero-order chi connectivity index (χ0) is 22.1. The Morgan fingerprint density at radius 2 is 1.45 bits per heavy atom. The van der Waals surface area contributed by atoms with Gasteiger partial charge in [0.1, 0.15) is 12.2 Å². The van der Waals surface area contributed by atoms with Crippen LogP contribution in [0.2, 0.25) is 0 Å². The maximum absolute atomic E-state index is 11.1. The van der Waals surface area contributed by atoms with Gasteiger partial charge in [0.25, 0.3) is 0 Å². The minimum atomic E-state index is -5.26. The van der Waals surface area contributed by atoms with Crippen LogP contribution in [0.15, 0.2) is 0 Å². The van der Waals surface area contributed by atoms with Crippen LogP contribution in [0.25, 0.3) is 0 Å². The molecule has 15 heteroatoms. The van der Waals surface area contributed by atoms with E-state index in [0.717, 1.165) is 0 Å². The van der Waals surface area contributed by atoms with Gasteiger partial charge < -0.3 is 33.5 Å². The standard InChI is InChI=1S/C14H26O13S2/c1-6-4-8(23-3)10(16)12(26-28(17,18)19)11(6)25-14-13(27-29(20,21)22)9(15)7(2)5-24-14/h6-16H,4-5H2,1-3H3,(H,17,18,19)(H,20,21,22)/p-2/t6?,7-,8?,9-,10-,11+,12-,13+,14+/m1/s1. The molecule has 29 heavy (non-hydrogen) atoms. The second-order valence-corrected chi connectivity index (χ2v) is 9.20. The smallest absolute Gasteiger partial charge is 0.218 e. The van der Waals surface area contributed by atoms with Gasteiger partial charge in [-0.05, 0) is 12.3 Å². The molecule has 2 aliphatic rings. The molecule has 1 aliphatic carbocycles. The maximum Gasteiger partial charge on any atom is 0.218 e. The summed E-state index contributed by atoms with van der Waals surface area (Å²) in [4.78, 5) is 0. The molecular weight excluding hydrogens is 440 g/mol. The molecule has 2 fully saturated rings. The van der Waals surface area contributed by atoms with Gasteiger partial charge >= 0.3 is 0 Å². The van der Waals surface area contributed by atoms with Gasteiger partial charge in [0.15, 0.2) is 12.4 Å². The van der Waals surface area contributed by atoms with Crippen molar-refractivity contribution in [2.45, 2.75) is 63.2 Å². The molecule has 2 N–H and O–H groups in total. The lowest BCUT2D eigenvalue weighted by Gasteiger charge is -2.46. The summed E-state index contributed by atoms with van der Waals surface area (Å²) < 4.78 is 91.3.